The predicted molar refractivity (Wildman–Crippen MR) is 76.6 cm³/mol. The van der Waals surface area contributed by atoms with Crippen molar-refractivity contribution in [3.63, 3.8) is 0 Å². The lowest BCUT2D eigenvalue weighted by Gasteiger charge is -2.23. The van der Waals surface area contributed by atoms with Gasteiger partial charge in [-0.1, -0.05) is 0 Å². The highest BCUT2D eigenvalue weighted by atomic mass is 16.6. The molecule has 1 aromatic rings. The van der Waals surface area contributed by atoms with Crippen molar-refractivity contribution in [2.75, 3.05) is 38.7 Å². The zero-order valence-corrected chi connectivity index (χ0v) is 12.4. The van der Waals surface area contributed by atoms with Crippen molar-refractivity contribution < 1.29 is 9.53 Å². The molecule has 0 N–H and O–H groups in total. The molecule has 0 spiro atoms. The number of pyridine rings is 1. The van der Waals surface area contributed by atoms with Gasteiger partial charge >= 0.3 is 6.09 Å². The van der Waals surface area contributed by atoms with E-state index >= 15 is 0 Å². The number of aromatic nitrogens is 1. The molecule has 0 fully saturated rings. The fraction of sp³-hybridized carbons (Fsp3) is 0.571. The Labute approximate surface area is 115 Å². The summed E-state index contributed by atoms with van der Waals surface area (Å²) in [7, 11) is 3.94. The minimum absolute atomic E-state index is 0.346. The third-order valence-corrected chi connectivity index (χ3v) is 2.62. The molecule has 0 aliphatic carbocycles. The third-order valence-electron chi connectivity index (χ3n) is 2.62. The van der Waals surface area contributed by atoms with Gasteiger partial charge in [-0.25, -0.2) is 9.78 Å². The molecular formula is C14H23N3O2. The Morgan fingerprint density at radius 3 is 2.47 bits per heavy atom. The van der Waals surface area contributed by atoms with E-state index in [0.717, 1.165) is 17.8 Å². The molecule has 19 heavy (non-hydrogen) atoms. The fourth-order valence-corrected chi connectivity index (χ4v) is 1.76. The molecule has 5 nitrogen and oxygen atoms in total. The zero-order valence-electron chi connectivity index (χ0n) is 12.4. The monoisotopic (exact) mass is 265 g/mol. The van der Waals surface area contributed by atoms with Crippen molar-refractivity contribution in [3.8, 4) is 0 Å². The number of aryl methyl sites for hydroxylation is 2. The summed E-state index contributed by atoms with van der Waals surface area (Å²) in [4.78, 5) is 20.1. The smallest absolute Gasteiger partial charge is 0.415 e. The maximum absolute atomic E-state index is 12.0. The van der Waals surface area contributed by atoms with Crippen LogP contribution in [0, 0.1) is 13.8 Å². The molecule has 0 atom stereocenters. The number of ether oxygens (including phenoxy) is 1. The molecule has 5 heteroatoms. The van der Waals surface area contributed by atoms with Crippen LogP contribution in [0.1, 0.15) is 18.2 Å². The molecule has 0 aliphatic rings. The summed E-state index contributed by atoms with van der Waals surface area (Å²) in [5.74, 6) is 0.651. The van der Waals surface area contributed by atoms with Crippen molar-refractivity contribution >= 4 is 11.9 Å². The van der Waals surface area contributed by atoms with Crippen molar-refractivity contribution in [2.45, 2.75) is 20.8 Å². The molecule has 0 unspecified atom stereocenters. The summed E-state index contributed by atoms with van der Waals surface area (Å²) in [6.07, 6.45) is -0.346. The second-order valence-corrected chi connectivity index (χ2v) is 4.80. The highest BCUT2D eigenvalue weighted by Gasteiger charge is 2.18. The highest BCUT2D eigenvalue weighted by Crippen LogP contribution is 2.15. The lowest BCUT2D eigenvalue weighted by molar-refractivity contribution is 0.159. The SMILES string of the molecule is CCOC(=O)N(CCN(C)C)c1cc(C)cc(C)n1. The van der Waals surface area contributed by atoms with E-state index < -0.39 is 0 Å². The molecule has 1 heterocycles. The first-order chi connectivity index (χ1) is 8.93. The Hall–Kier alpha value is -1.62. The van der Waals surface area contributed by atoms with Gasteiger partial charge < -0.3 is 9.64 Å². The van der Waals surface area contributed by atoms with E-state index in [1.54, 1.807) is 11.8 Å². The number of nitrogens with zero attached hydrogens (tertiary/aromatic N) is 3. The Balaban J connectivity index is 2.96. The van der Waals surface area contributed by atoms with Gasteiger partial charge in [-0.2, -0.15) is 0 Å². The van der Waals surface area contributed by atoms with Crippen LogP contribution in [-0.2, 0) is 4.74 Å². The zero-order chi connectivity index (χ0) is 14.4. The van der Waals surface area contributed by atoms with E-state index in [4.69, 9.17) is 4.74 Å². The average Bonchev–Trinajstić information content (AvgIpc) is 2.27. The largest absolute Gasteiger partial charge is 0.449 e. The molecule has 0 bridgehead atoms. The molecule has 0 saturated carbocycles. The van der Waals surface area contributed by atoms with Gasteiger partial charge in [0.1, 0.15) is 5.82 Å². The van der Waals surface area contributed by atoms with E-state index in [-0.39, 0.29) is 6.09 Å². The summed E-state index contributed by atoms with van der Waals surface area (Å²) in [5.41, 5.74) is 1.98. The molecule has 0 aliphatic heterocycles. The molecule has 1 rings (SSSR count). The lowest BCUT2D eigenvalue weighted by Crippen LogP contribution is -2.37. The first-order valence-electron chi connectivity index (χ1n) is 6.48. The maximum atomic E-state index is 12.0. The van der Waals surface area contributed by atoms with Gasteiger partial charge in [0.05, 0.1) is 6.61 Å². The van der Waals surface area contributed by atoms with Crippen LogP contribution in [0.15, 0.2) is 12.1 Å². The van der Waals surface area contributed by atoms with Gasteiger partial charge in [0.15, 0.2) is 0 Å². The van der Waals surface area contributed by atoms with Gasteiger partial charge in [-0.05, 0) is 52.6 Å². The van der Waals surface area contributed by atoms with Crippen LogP contribution < -0.4 is 4.90 Å². The summed E-state index contributed by atoms with van der Waals surface area (Å²) in [5, 5.41) is 0. The molecule has 1 aromatic heterocycles. The van der Waals surface area contributed by atoms with Crippen LogP contribution in [0.4, 0.5) is 10.6 Å². The first-order valence-corrected chi connectivity index (χ1v) is 6.48. The van der Waals surface area contributed by atoms with Crippen LogP contribution >= 0.6 is 0 Å². The summed E-state index contributed by atoms with van der Waals surface area (Å²) in [6.45, 7) is 7.40. The van der Waals surface area contributed by atoms with Gasteiger partial charge in [0, 0.05) is 18.8 Å². The maximum Gasteiger partial charge on any atom is 0.415 e. The van der Waals surface area contributed by atoms with E-state index in [0.29, 0.717) is 19.0 Å². The number of likely N-dealkylation sites (N-methyl/N-ethyl adjacent to an activating group) is 1. The summed E-state index contributed by atoms with van der Waals surface area (Å²) < 4.78 is 5.10. The Morgan fingerprint density at radius 1 is 1.26 bits per heavy atom. The lowest BCUT2D eigenvalue weighted by atomic mass is 10.2. The summed E-state index contributed by atoms with van der Waals surface area (Å²) >= 11 is 0. The molecule has 1 amide bonds. The fourth-order valence-electron chi connectivity index (χ4n) is 1.76. The van der Waals surface area contributed by atoms with Gasteiger partial charge in [0.25, 0.3) is 0 Å². The predicted octanol–water partition coefficient (Wildman–Crippen LogP) is 2.22. The van der Waals surface area contributed by atoms with Crippen LogP contribution in [0.25, 0.3) is 0 Å². The van der Waals surface area contributed by atoms with Gasteiger partial charge in [0.2, 0.25) is 0 Å². The molecule has 0 aromatic carbocycles. The minimum Gasteiger partial charge on any atom is -0.449 e. The Bertz CT molecular complexity index is 412. The number of amides is 1. The molecular weight excluding hydrogens is 242 g/mol. The van der Waals surface area contributed by atoms with E-state index in [1.807, 2.05) is 45.0 Å². The number of carbonyl (C=O) groups is 1. The topological polar surface area (TPSA) is 45.7 Å². The number of rotatable bonds is 5. The van der Waals surface area contributed by atoms with E-state index in [9.17, 15) is 4.79 Å². The first kappa shape index (κ1) is 15.4. The summed E-state index contributed by atoms with van der Waals surface area (Å²) in [6, 6.07) is 3.89. The van der Waals surface area contributed by atoms with Crippen molar-refractivity contribution in [1.29, 1.82) is 0 Å². The average molecular weight is 265 g/mol. The number of hydrogen-bond donors (Lipinski definition) is 0. The number of anilines is 1. The van der Waals surface area contributed by atoms with Crippen LogP contribution in [0.3, 0.4) is 0 Å². The second-order valence-electron chi connectivity index (χ2n) is 4.80. The van der Waals surface area contributed by atoms with Crippen LogP contribution in [-0.4, -0.2) is 49.8 Å². The molecule has 0 radical (unpaired) electrons. The van der Waals surface area contributed by atoms with Crippen molar-refractivity contribution in [2.24, 2.45) is 0 Å². The van der Waals surface area contributed by atoms with Crippen molar-refractivity contribution in [3.05, 3.63) is 23.4 Å². The Kier molecular flexibility index (Phi) is 5.76. The van der Waals surface area contributed by atoms with E-state index in [1.165, 1.54) is 0 Å². The normalized spacial score (nSPS) is 10.6. The van der Waals surface area contributed by atoms with Crippen molar-refractivity contribution in [1.82, 2.24) is 9.88 Å². The van der Waals surface area contributed by atoms with Crippen LogP contribution in [0.5, 0.6) is 0 Å². The standard InChI is InChI=1S/C14H23N3O2/c1-6-19-14(18)17(8-7-16(4)5)13-10-11(2)9-12(3)15-13/h9-10H,6-8H2,1-5H3. The highest BCUT2D eigenvalue weighted by molar-refractivity contribution is 5.86. The number of carbonyl (C=O) groups excluding carboxylic acids is 1. The second kappa shape index (κ2) is 7.09. The van der Waals surface area contributed by atoms with E-state index in [2.05, 4.69) is 4.98 Å². The Morgan fingerprint density at radius 2 is 1.95 bits per heavy atom. The molecule has 0 saturated heterocycles. The number of hydrogen-bond acceptors (Lipinski definition) is 4. The minimum atomic E-state index is -0.346. The third kappa shape index (κ3) is 4.87. The van der Waals surface area contributed by atoms with Crippen LogP contribution in [0.2, 0.25) is 0 Å². The quantitative estimate of drug-likeness (QED) is 0.819. The van der Waals surface area contributed by atoms with Gasteiger partial charge in [-0.3, -0.25) is 4.90 Å². The molecule has 106 valence electrons. The van der Waals surface area contributed by atoms with Gasteiger partial charge in [-0.15, -0.1) is 0 Å².